The highest BCUT2D eigenvalue weighted by atomic mass is 16.5. The van der Waals surface area contributed by atoms with Crippen LogP contribution in [0.1, 0.15) is 128 Å². The normalized spacial score (nSPS) is 10.5. The first-order chi connectivity index (χ1) is 13.1. The van der Waals surface area contributed by atoms with E-state index in [0.29, 0.717) is 5.56 Å². The number of hydrogen-bond donors (Lipinski definition) is 1. The van der Waals surface area contributed by atoms with Crippen molar-refractivity contribution in [1.29, 1.82) is 0 Å². The van der Waals surface area contributed by atoms with E-state index < -0.39 is 0 Å². The second-order valence-electron chi connectivity index (χ2n) is 6.54. The highest BCUT2D eigenvalue weighted by Crippen LogP contribution is 2.09. The molecule has 5 heteroatoms. The zero-order valence-corrected chi connectivity index (χ0v) is 18.5. The van der Waals surface area contributed by atoms with E-state index in [4.69, 9.17) is 14.6 Å². The van der Waals surface area contributed by atoms with E-state index in [2.05, 4.69) is 6.58 Å². The van der Waals surface area contributed by atoms with Gasteiger partial charge in [-0.3, -0.25) is 4.79 Å². The van der Waals surface area contributed by atoms with Gasteiger partial charge in [-0.15, -0.1) is 0 Å². The fraction of sp³-hybridized carbons (Fsp3) is 0.655. The molecule has 0 aromatic heterocycles. The SMILES string of the molecule is C.C.C.C.C.C.C=Cc1ccc(C(=O)OC(C)CC)cc1.CCC(C)O.CCC(C)OC(C)=O. The number of ether oxygens (including phenoxy) is 2. The molecule has 34 heavy (non-hydrogen) atoms. The minimum Gasteiger partial charge on any atom is -0.463 e. The number of esters is 2. The van der Waals surface area contributed by atoms with Crippen molar-refractivity contribution in [2.75, 3.05) is 0 Å². The van der Waals surface area contributed by atoms with Crippen LogP contribution in [0.15, 0.2) is 30.8 Å². The topological polar surface area (TPSA) is 72.8 Å². The van der Waals surface area contributed by atoms with Gasteiger partial charge in [0.2, 0.25) is 0 Å². The van der Waals surface area contributed by atoms with E-state index in [-0.39, 0.29) is 74.8 Å². The zero-order valence-electron chi connectivity index (χ0n) is 18.5. The Morgan fingerprint density at radius 3 is 1.41 bits per heavy atom. The largest absolute Gasteiger partial charge is 0.463 e. The van der Waals surface area contributed by atoms with Crippen molar-refractivity contribution >= 4 is 18.0 Å². The lowest BCUT2D eigenvalue weighted by Gasteiger charge is -2.10. The van der Waals surface area contributed by atoms with Crippen molar-refractivity contribution in [3.63, 3.8) is 0 Å². The molecule has 0 bridgehead atoms. The second-order valence-corrected chi connectivity index (χ2v) is 6.54. The Balaban J connectivity index is -0.0000000519. The Labute approximate surface area is 215 Å². The van der Waals surface area contributed by atoms with E-state index in [1.807, 2.05) is 46.8 Å². The van der Waals surface area contributed by atoms with Crippen LogP contribution in [0.4, 0.5) is 0 Å². The summed E-state index contributed by atoms with van der Waals surface area (Å²) < 4.78 is 9.95. The molecule has 3 atom stereocenters. The molecule has 1 N–H and O–H groups in total. The zero-order chi connectivity index (χ0) is 22.1. The van der Waals surface area contributed by atoms with Crippen LogP contribution in [0.5, 0.6) is 0 Å². The van der Waals surface area contributed by atoms with Crippen molar-refractivity contribution < 1.29 is 24.2 Å². The van der Waals surface area contributed by atoms with Crippen LogP contribution in [0.3, 0.4) is 0 Å². The van der Waals surface area contributed by atoms with Gasteiger partial charge in [-0.1, -0.05) is 90.1 Å². The van der Waals surface area contributed by atoms with E-state index >= 15 is 0 Å². The molecule has 0 saturated heterocycles. The fourth-order valence-corrected chi connectivity index (χ4v) is 1.46. The summed E-state index contributed by atoms with van der Waals surface area (Å²) in [5.74, 6) is -0.459. The summed E-state index contributed by atoms with van der Waals surface area (Å²) in [5, 5.41) is 8.36. The summed E-state index contributed by atoms with van der Waals surface area (Å²) >= 11 is 0. The number of carbonyl (C=O) groups is 2. The maximum absolute atomic E-state index is 11.6. The Morgan fingerprint density at radius 2 is 1.18 bits per heavy atom. The Bertz CT molecular complexity index is 550. The molecule has 0 saturated carbocycles. The number of carbonyl (C=O) groups excluding carboxylic acids is 2. The maximum Gasteiger partial charge on any atom is 0.338 e. The van der Waals surface area contributed by atoms with Crippen molar-refractivity contribution in [3.05, 3.63) is 42.0 Å². The molecule has 0 spiro atoms. The van der Waals surface area contributed by atoms with Gasteiger partial charge in [0.15, 0.2) is 0 Å². The standard InChI is InChI=1S/C13H16O2.C6H12O2.C4H10O.6CH4/c1-4-10(3)15-13(14)12-8-6-11(5-2)7-9-12;1-4-5(2)8-6(3)7;1-3-4(2)5;;;;;;/h5-10H,2,4H2,1,3H3;5H,4H2,1-3H3;4-5H,3H2,1-2H3;6*1H4. The van der Waals surface area contributed by atoms with Crippen LogP contribution in [0, 0.1) is 0 Å². The monoisotopic (exact) mass is 490 g/mol. The highest BCUT2D eigenvalue weighted by Gasteiger charge is 2.09. The molecule has 0 fully saturated rings. The molecule has 0 heterocycles. The van der Waals surface area contributed by atoms with Gasteiger partial charge in [-0.25, -0.2) is 4.79 Å². The van der Waals surface area contributed by atoms with Gasteiger partial charge < -0.3 is 14.6 Å². The van der Waals surface area contributed by atoms with Gasteiger partial charge in [0.1, 0.15) is 0 Å². The van der Waals surface area contributed by atoms with Crippen LogP contribution in [0.2, 0.25) is 0 Å². The average Bonchev–Trinajstić information content (AvgIpc) is 2.68. The predicted molar refractivity (Wildman–Crippen MR) is 156 cm³/mol. The number of rotatable bonds is 7. The van der Waals surface area contributed by atoms with Crippen LogP contribution < -0.4 is 0 Å². The van der Waals surface area contributed by atoms with E-state index in [1.54, 1.807) is 25.1 Å². The fourth-order valence-electron chi connectivity index (χ4n) is 1.46. The molecule has 0 amide bonds. The van der Waals surface area contributed by atoms with E-state index in [1.165, 1.54) is 6.92 Å². The lowest BCUT2D eigenvalue weighted by molar-refractivity contribution is -0.145. The van der Waals surface area contributed by atoms with Crippen LogP contribution in [-0.4, -0.2) is 35.4 Å². The Morgan fingerprint density at radius 1 is 0.824 bits per heavy atom. The number of aliphatic hydroxyl groups is 1. The Kier molecular flexibility index (Phi) is 51.8. The van der Waals surface area contributed by atoms with Gasteiger partial charge in [-0.05, 0) is 57.7 Å². The van der Waals surface area contributed by atoms with Gasteiger partial charge >= 0.3 is 11.9 Å². The quantitative estimate of drug-likeness (QED) is 0.385. The Hall–Kier alpha value is -2.14. The first-order valence-electron chi connectivity index (χ1n) is 9.89. The third kappa shape index (κ3) is 32.0. The first-order valence-corrected chi connectivity index (χ1v) is 9.89. The molecule has 3 unspecified atom stereocenters. The predicted octanol–water partition coefficient (Wildman–Crippen LogP) is 9.23. The number of benzene rings is 1. The molecule has 0 aliphatic carbocycles. The summed E-state index contributed by atoms with van der Waals surface area (Å²) in [6, 6.07) is 7.20. The van der Waals surface area contributed by atoms with Crippen LogP contribution >= 0.6 is 0 Å². The highest BCUT2D eigenvalue weighted by molar-refractivity contribution is 5.89. The lowest BCUT2D eigenvalue weighted by Crippen LogP contribution is -2.13. The maximum atomic E-state index is 11.6. The first kappa shape index (κ1) is 53.3. The minimum absolute atomic E-state index is 0. The van der Waals surface area contributed by atoms with Crippen molar-refractivity contribution in [3.8, 4) is 0 Å². The summed E-state index contributed by atoms with van der Waals surface area (Å²) in [6.07, 6.45) is 4.25. The number of aliphatic hydroxyl groups excluding tert-OH is 1. The third-order valence-corrected chi connectivity index (χ3v) is 3.80. The average molecular weight is 491 g/mol. The molecule has 5 nitrogen and oxygen atoms in total. The summed E-state index contributed by atoms with van der Waals surface area (Å²) in [7, 11) is 0. The third-order valence-electron chi connectivity index (χ3n) is 3.80. The van der Waals surface area contributed by atoms with Crippen molar-refractivity contribution in [2.24, 2.45) is 0 Å². The molecule has 0 radical (unpaired) electrons. The molecule has 0 aliphatic heterocycles. The van der Waals surface area contributed by atoms with Gasteiger partial charge in [0.05, 0.1) is 23.9 Å². The number of hydrogen-bond acceptors (Lipinski definition) is 5. The van der Waals surface area contributed by atoms with Crippen LogP contribution in [-0.2, 0) is 14.3 Å². The lowest BCUT2D eigenvalue weighted by atomic mass is 10.1. The molecular formula is C29H62O5. The van der Waals surface area contributed by atoms with Crippen LogP contribution in [0.25, 0.3) is 6.08 Å². The second kappa shape index (κ2) is 33.0. The van der Waals surface area contributed by atoms with E-state index in [9.17, 15) is 9.59 Å². The summed E-state index contributed by atoms with van der Waals surface area (Å²) in [4.78, 5) is 21.8. The molecular weight excluding hydrogens is 428 g/mol. The molecule has 1 aromatic rings. The molecule has 1 aromatic carbocycles. The van der Waals surface area contributed by atoms with Gasteiger partial charge in [-0.2, -0.15) is 0 Å². The molecule has 208 valence electrons. The van der Waals surface area contributed by atoms with Gasteiger partial charge in [0.25, 0.3) is 0 Å². The van der Waals surface area contributed by atoms with Gasteiger partial charge in [0, 0.05) is 6.92 Å². The molecule has 0 aliphatic rings. The van der Waals surface area contributed by atoms with E-state index in [0.717, 1.165) is 24.8 Å². The smallest absolute Gasteiger partial charge is 0.338 e. The van der Waals surface area contributed by atoms with Crippen molar-refractivity contribution in [2.45, 2.75) is 131 Å². The van der Waals surface area contributed by atoms with Crippen molar-refractivity contribution in [1.82, 2.24) is 0 Å². The summed E-state index contributed by atoms with van der Waals surface area (Å²) in [5.41, 5.74) is 1.58. The summed E-state index contributed by atoms with van der Waals surface area (Å²) in [6.45, 7) is 16.5. The molecule has 1 rings (SSSR count). The minimum atomic E-state index is -0.264.